The van der Waals surface area contributed by atoms with Gasteiger partial charge in [-0.15, -0.1) is 0 Å². The standard InChI is InChI=1S/C27H31N5O3/c1-30(2)26(34)18-10-11-22-24(15-18)32(27(35)23-9-5-6-14-31(22)23)17-25(33)28-13-12-19-16-29-21-8-4-3-7-20(19)21/h3-4,7-8,10-11,15-16,23,29H,5-6,9,12-14,17H2,1-2H3,(H,28,33)/t23-/m1/s1. The van der Waals surface area contributed by atoms with Crippen molar-refractivity contribution in [2.24, 2.45) is 0 Å². The van der Waals surface area contributed by atoms with Gasteiger partial charge in [0, 0.05) is 49.8 Å². The second kappa shape index (κ2) is 9.44. The minimum atomic E-state index is -0.259. The maximum atomic E-state index is 13.5. The minimum Gasteiger partial charge on any atom is -0.361 e. The molecule has 1 atom stereocenters. The number of hydrogen-bond acceptors (Lipinski definition) is 4. The van der Waals surface area contributed by atoms with Crippen molar-refractivity contribution < 1.29 is 14.4 Å². The number of anilines is 2. The van der Waals surface area contributed by atoms with E-state index in [1.54, 1.807) is 25.1 Å². The molecule has 182 valence electrons. The third-order valence-corrected chi connectivity index (χ3v) is 6.98. The Morgan fingerprint density at radius 1 is 1.11 bits per heavy atom. The molecule has 35 heavy (non-hydrogen) atoms. The van der Waals surface area contributed by atoms with E-state index in [9.17, 15) is 14.4 Å². The molecule has 1 saturated heterocycles. The van der Waals surface area contributed by atoms with Gasteiger partial charge in [0.15, 0.2) is 0 Å². The Hall–Kier alpha value is -3.81. The number of carbonyl (C=O) groups excluding carboxylic acids is 3. The molecule has 8 nitrogen and oxygen atoms in total. The van der Waals surface area contributed by atoms with Crippen LogP contribution >= 0.6 is 0 Å². The first-order valence-corrected chi connectivity index (χ1v) is 12.2. The highest BCUT2D eigenvalue weighted by molar-refractivity contribution is 6.09. The van der Waals surface area contributed by atoms with Crippen molar-refractivity contribution in [2.75, 3.05) is 43.5 Å². The molecule has 0 saturated carbocycles. The first-order valence-electron chi connectivity index (χ1n) is 12.2. The van der Waals surface area contributed by atoms with E-state index in [2.05, 4.69) is 21.3 Å². The van der Waals surface area contributed by atoms with Gasteiger partial charge in [0.1, 0.15) is 12.6 Å². The SMILES string of the molecule is CN(C)C(=O)c1ccc2c(c1)N(CC(=O)NCCc1c[nH]c3ccccc13)C(=O)[C@H]1CCCCN21. The zero-order valence-corrected chi connectivity index (χ0v) is 20.2. The Labute approximate surface area is 204 Å². The number of nitrogens with one attached hydrogen (secondary N) is 2. The predicted molar refractivity (Wildman–Crippen MR) is 137 cm³/mol. The number of H-pyrrole nitrogens is 1. The summed E-state index contributed by atoms with van der Waals surface area (Å²) in [6.07, 6.45) is 5.45. The zero-order valence-electron chi connectivity index (χ0n) is 20.2. The summed E-state index contributed by atoms with van der Waals surface area (Å²) in [6, 6.07) is 13.3. The largest absolute Gasteiger partial charge is 0.361 e. The van der Waals surface area contributed by atoms with Crippen molar-refractivity contribution in [2.45, 2.75) is 31.7 Å². The number of aromatic nitrogens is 1. The molecule has 0 spiro atoms. The van der Waals surface area contributed by atoms with E-state index in [-0.39, 0.29) is 30.3 Å². The molecule has 2 aliphatic rings. The van der Waals surface area contributed by atoms with Gasteiger partial charge in [-0.3, -0.25) is 19.3 Å². The number of aromatic amines is 1. The lowest BCUT2D eigenvalue weighted by molar-refractivity contribution is -0.124. The summed E-state index contributed by atoms with van der Waals surface area (Å²) in [5.41, 5.74) is 4.26. The van der Waals surface area contributed by atoms with Gasteiger partial charge in [-0.2, -0.15) is 0 Å². The third-order valence-electron chi connectivity index (χ3n) is 6.98. The second-order valence-corrected chi connectivity index (χ2v) is 9.49. The van der Waals surface area contributed by atoms with Gasteiger partial charge in [0.2, 0.25) is 11.8 Å². The topological polar surface area (TPSA) is 88.7 Å². The number of rotatable bonds is 6. The maximum Gasteiger partial charge on any atom is 0.253 e. The van der Waals surface area contributed by atoms with Gasteiger partial charge in [0.05, 0.1) is 11.4 Å². The summed E-state index contributed by atoms with van der Waals surface area (Å²) in [5, 5.41) is 4.13. The molecule has 2 N–H and O–H groups in total. The molecular weight excluding hydrogens is 442 g/mol. The van der Waals surface area contributed by atoms with E-state index in [1.807, 2.05) is 36.5 Å². The molecule has 5 rings (SSSR count). The number of para-hydroxylation sites is 1. The summed E-state index contributed by atoms with van der Waals surface area (Å²) in [5.74, 6) is -0.416. The molecule has 0 unspecified atom stereocenters. The van der Waals surface area contributed by atoms with E-state index in [4.69, 9.17) is 0 Å². The zero-order chi connectivity index (χ0) is 24.5. The number of nitrogens with zero attached hydrogens (tertiary/aromatic N) is 3. The molecule has 2 aromatic carbocycles. The Bertz CT molecular complexity index is 1280. The van der Waals surface area contributed by atoms with E-state index in [0.29, 0.717) is 24.2 Å². The highest BCUT2D eigenvalue weighted by Crippen LogP contribution is 2.40. The molecule has 3 heterocycles. The average Bonchev–Trinajstić information content (AvgIpc) is 3.29. The van der Waals surface area contributed by atoms with Crippen LogP contribution in [0.2, 0.25) is 0 Å². The van der Waals surface area contributed by atoms with E-state index >= 15 is 0 Å². The number of benzene rings is 2. The van der Waals surface area contributed by atoms with Crippen LogP contribution in [0, 0.1) is 0 Å². The van der Waals surface area contributed by atoms with Crippen molar-refractivity contribution >= 4 is 40.0 Å². The Morgan fingerprint density at radius 2 is 1.94 bits per heavy atom. The van der Waals surface area contributed by atoms with Crippen LogP contribution in [0.3, 0.4) is 0 Å². The quantitative estimate of drug-likeness (QED) is 0.576. The maximum absolute atomic E-state index is 13.5. The lowest BCUT2D eigenvalue weighted by Crippen LogP contribution is -2.57. The van der Waals surface area contributed by atoms with E-state index < -0.39 is 0 Å². The van der Waals surface area contributed by atoms with E-state index in [0.717, 1.165) is 48.0 Å². The minimum absolute atomic E-state index is 0.0658. The number of piperidine rings is 1. The van der Waals surface area contributed by atoms with Crippen LogP contribution < -0.4 is 15.1 Å². The fourth-order valence-electron chi connectivity index (χ4n) is 5.19. The van der Waals surface area contributed by atoms with E-state index in [1.165, 1.54) is 4.90 Å². The molecule has 3 aromatic rings. The van der Waals surface area contributed by atoms with Gasteiger partial charge in [-0.05, 0) is 55.5 Å². The van der Waals surface area contributed by atoms with Crippen LogP contribution in [-0.2, 0) is 16.0 Å². The van der Waals surface area contributed by atoms with Crippen molar-refractivity contribution in [3.8, 4) is 0 Å². The van der Waals surface area contributed by atoms with Crippen LogP contribution in [-0.4, -0.2) is 67.4 Å². The highest BCUT2D eigenvalue weighted by Gasteiger charge is 2.40. The summed E-state index contributed by atoms with van der Waals surface area (Å²) in [7, 11) is 3.40. The molecule has 1 aromatic heterocycles. The van der Waals surface area contributed by atoms with Crippen LogP contribution in [0.25, 0.3) is 10.9 Å². The number of carbonyl (C=O) groups is 3. The molecule has 1 fully saturated rings. The summed E-state index contributed by atoms with van der Waals surface area (Å²) in [6.45, 7) is 1.21. The van der Waals surface area contributed by atoms with Gasteiger partial charge in [0.25, 0.3) is 5.91 Å². The van der Waals surface area contributed by atoms with Crippen LogP contribution in [0.1, 0.15) is 35.2 Å². The van der Waals surface area contributed by atoms with Crippen LogP contribution in [0.5, 0.6) is 0 Å². The molecule has 0 aliphatic carbocycles. The van der Waals surface area contributed by atoms with Crippen molar-refractivity contribution in [3.63, 3.8) is 0 Å². The molecular formula is C27H31N5O3. The van der Waals surface area contributed by atoms with Crippen molar-refractivity contribution in [3.05, 3.63) is 59.8 Å². The first kappa shape index (κ1) is 23.0. The number of hydrogen-bond donors (Lipinski definition) is 2. The summed E-state index contributed by atoms with van der Waals surface area (Å²) >= 11 is 0. The molecule has 3 amide bonds. The van der Waals surface area contributed by atoms with Gasteiger partial charge < -0.3 is 20.1 Å². The lowest BCUT2D eigenvalue weighted by Gasteiger charge is -2.45. The van der Waals surface area contributed by atoms with Gasteiger partial charge in [-0.25, -0.2) is 0 Å². The summed E-state index contributed by atoms with van der Waals surface area (Å²) < 4.78 is 0. The molecule has 8 heteroatoms. The number of fused-ring (bicyclic) bond motifs is 4. The lowest BCUT2D eigenvalue weighted by atomic mass is 9.95. The predicted octanol–water partition coefficient (Wildman–Crippen LogP) is 2.93. The molecule has 0 radical (unpaired) electrons. The monoisotopic (exact) mass is 473 g/mol. The summed E-state index contributed by atoms with van der Waals surface area (Å²) in [4.78, 5) is 47.5. The highest BCUT2D eigenvalue weighted by atomic mass is 16.2. The Kier molecular flexibility index (Phi) is 6.19. The average molecular weight is 474 g/mol. The smallest absolute Gasteiger partial charge is 0.253 e. The number of amides is 3. The third kappa shape index (κ3) is 4.36. The molecule has 0 bridgehead atoms. The normalized spacial score (nSPS) is 17.2. The second-order valence-electron chi connectivity index (χ2n) is 9.49. The molecule has 2 aliphatic heterocycles. The van der Waals surface area contributed by atoms with Crippen LogP contribution in [0.15, 0.2) is 48.7 Å². The van der Waals surface area contributed by atoms with Crippen LogP contribution in [0.4, 0.5) is 11.4 Å². The first-order chi connectivity index (χ1) is 16.9. The Morgan fingerprint density at radius 3 is 2.77 bits per heavy atom. The Balaban J connectivity index is 1.34. The van der Waals surface area contributed by atoms with Gasteiger partial charge >= 0.3 is 0 Å². The van der Waals surface area contributed by atoms with Crippen molar-refractivity contribution in [1.82, 2.24) is 15.2 Å². The fourth-order valence-corrected chi connectivity index (χ4v) is 5.19. The van der Waals surface area contributed by atoms with Crippen molar-refractivity contribution in [1.29, 1.82) is 0 Å². The fraction of sp³-hybridized carbons (Fsp3) is 0.370. The van der Waals surface area contributed by atoms with Gasteiger partial charge in [-0.1, -0.05) is 18.2 Å².